The summed E-state index contributed by atoms with van der Waals surface area (Å²) in [5, 5.41) is 7.03. The van der Waals surface area contributed by atoms with Crippen molar-refractivity contribution in [2.75, 3.05) is 29.9 Å². The van der Waals surface area contributed by atoms with Crippen molar-refractivity contribution in [1.29, 1.82) is 0 Å². The molecule has 2 aliphatic heterocycles. The maximum Gasteiger partial charge on any atom is 0.170 e. The van der Waals surface area contributed by atoms with Gasteiger partial charge in [0.15, 0.2) is 5.11 Å². The first kappa shape index (κ1) is 16.5. The van der Waals surface area contributed by atoms with E-state index in [1.54, 1.807) is 0 Å². The van der Waals surface area contributed by atoms with Gasteiger partial charge in [-0.2, -0.15) is 0 Å². The number of thiocarbonyl (C=S) groups is 1. The average molecular weight is 334 g/mol. The largest absolute Gasteiger partial charge is 0.376 e. The molecule has 23 heavy (non-hydrogen) atoms. The van der Waals surface area contributed by atoms with Crippen LogP contribution in [-0.2, 0) is 4.74 Å². The third-order valence-electron chi connectivity index (χ3n) is 4.62. The molecule has 0 aliphatic carbocycles. The third-order valence-corrected chi connectivity index (χ3v) is 4.86. The van der Waals surface area contributed by atoms with E-state index in [2.05, 4.69) is 33.5 Å². The number of pyridine rings is 1. The first-order chi connectivity index (χ1) is 11.2. The van der Waals surface area contributed by atoms with Gasteiger partial charge in [0, 0.05) is 25.7 Å². The number of nitrogens with zero attached hydrogens (tertiary/aromatic N) is 2. The highest BCUT2D eigenvalue weighted by atomic mass is 32.1. The van der Waals surface area contributed by atoms with Gasteiger partial charge in [-0.3, -0.25) is 0 Å². The van der Waals surface area contributed by atoms with Crippen molar-refractivity contribution in [3.05, 3.63) is 18.3 Å². The van der Waals surface area contributed by atoms with E-state index in [1.165, 1.54) is 19.3 Å². The van der Waals surface area contributed by atoms with Crippen molar-refractivity contribution >= 4 is 28.8 Å². The lowest BCUT2D eigenvalue weighted by Crippen LogP contribution is -2.38. The maximum absolute atomic E-state index is 5.58. The van der Waals surface area contributed by atoms with Gasteiger partial charge < -0.3 is 20.3 Å². The molecule has 1 aromatic heterocycles. The summed E-state index contributed by atoms with van der Waals surface area (Å²) >= 11 is 5.33. The Labute approximate surface area is 143 Å². The summed E-state index contributed by atoms with van der Waals surface area (Å²) in [6, 6.07) is 4.69. The van der Waals surface area contributed by atoms with E-state index in [1.807, 2.05) is 12.3 Å². The highest BCUT2D eigenvalue weighted by molar-refractivity contribution is 7.80. The fraction of sp³-hybridized carbons (Fsp3) is 0.647. The Morgan fingerprint density at radius 1 is 1.35 bits per heavy atom. The van der Waals surface area contributed by atoms with Crippen molar-refractivity contribution in [1.82, 2.24) is 10.3 Å². The standard InChI is InChI=1S/C17H26N4OS/c1-13-5-2-3-9-21(13)16-8-7-14(11-18-16)20-17(23)19-12-15-6-4-10-22-15/h7-8,11,13,15H,2-6,9-10,12H2,1H3,(H2,19,20,23). The molecule has 2 aliphatic rings. The molecule has 2 unspecified atom stereocenters. The predicted molar refractivity (Wildman–Crippen MR) is 98.1 cm³/mol. The fourth-order valence-corrected chi connectivity index (χ4v) is 3.46. The minimum absolute atomic E-state index is 0.288. The zero-order valence-electron chi connectivity index (χ0n) is 13.8. The Balaban J connectivity index is 1.49. The minimum atomic E-state index is 0.288. The van der Waals surface area contributed by atoms with E-state index in [0.29, 0.717) is 11.2 Å². The molecule has 3 rings (SSSR count). The van der Waals surface area contributed by atoms with Gasteiger partial charge in [-0.25, -0.2) is 4.98 Å². The lowest BCUT2D eigenvalue weighted by atomic mass is 10.0. The van der Waals surface area contributed by atoms with Crippen LogP contribution in [-0.4, -0.2) is 41.9 Å². The highest BCUT2D eigenvalue weighted by Crippen LogP contribution is 2.23. The van der Waals surface area contributed by atoms with Crippen molar-refractivity contribution in [3.8, 4) is 0 Å². The van der Waals surface area contributed by atoms with Crippen LogP contribution in [0.2, 0.25) is 0 Å². The summed E-state index contributed by atoms with van der Waals surface area (Å²) in [6.45, 7) is 5.01. The van der Waals surface area contributed by atoms with Gasteiger partial charge in [-0.15, -0.1) is 0 Å². The number of hydrogen-bond acceptors (Lipinski definition) is 4. The number of piperidine rings is 1. The maximum atomic E-state index is 5.58. The van der Waals surface area contributed by atoms with Crippen LogP contribution in [0.15, 0.2) is 18.3 Å². The lowest BCUT2D eigenvalue weighted by Gasteiger charge is -2.34. The van der Waals surface area contributed by atoms with Crippen LogP contribution in [0.5, 0.6) is 0 Å². The van der Waals surface area contributed by atoms with E-state index in [9.17, 15) is 0 Å². The second kappa shape index (κ2) is 7.93. The fourth-order valence-electron chi connectivity index (χ4n) is 3.26. The molecular weight excluding hydrogens is 308 g/mol. The molecular formula is C17H26N4OS. The van der Waals surface area contributed by atoms with Gasteiger partial charge in [0.2, 0.25) is 0 Å². The Morgan fingerprint density at radius 3 is 2.96 bits per heavy atom. The lowest BCUT2D eigenvalue weighted by molar-refractivity contribution is 0.114. The molecule has 2 fully saturated rings. The van der Waals surface area contributed by atoms with Crippen LogP contribution in [0, 0.1) is 0 Å². The number of nitrogens with one attached hydrogen (secondary N) is 2. The molecule has 5 nitrogen and oxygen atoms in total. The van der Waals surface area contributed by atoms with Crippen LogP contribution < -0.4 is 15.5 Å². The second-order valence-corrected chi connectivity index (χ2v) is 6.82. The van der Waals surface area contributed by atoms with Crippen LogP contribution in [0.3, 0.4) is 0 Å². The van der Waals surface area contributed by atoms with E-state index >= 15 is 0 Å². The normalized spacial score (nSPS) is 24.5. The van der Waals surface area contributed by atoms with E-state index in [0.717, 1.165) is 44.0 Å². The summed E-state index contributed by atoms with van der Waals surface area (Å²) < 4.78 is 5.58. The van der Waals surface area contributed by atoms with Crippen molar-refractivity contribution in [3.63, 3.8) is 0 Å². The minimum Gasteiger partial charge on any atom is -0.376 e. The Morgan fingerprint density at radius 2 is 2.26 bits per heavy atom. The molecule has 126 valence electrons. The molecule has 0 spiro atoms. The van der Waals surface area contributed by atoms with Gasteiger partial charge in [0.05, 0.1) is 18.0 Å². The first-order valence-electron chi connectivity index (χ1n) is 8.61. The molecule has 0 radical (unpaired) electrons. The molecule has 3 heterocycles. The molecule has 0 saturated carbocycles. The van der Waals surface area contributed by atoms with Crippen LogP contribution in [0.25, 0.3) is 0 Å². The van der Waals surface area contributed by atoms with Gasteiger partial charge in [0.1, 0.15) is 5.82 Å². The number of hydrogen-bond donors (Lipinski definition) is 2. The van der Waals surface area contributed by atoms with Gasteiger partial charge in [-0.05, 0) is 63.4 Å². The van der Waals surface area contributed by atoms with Gasteiger partial charge in [0.25, 0.3) is 0 Å². The Bertz CT molecular complexity index is 516. The first-order valence-corrected chi connectivity index (χ1v) is 9.02. The van der Waals surface area contributed by atoms with Crippen molar-refractivity contribution in [2.24, 2.45) is 0 Å². The Hall–Kier alpha value is -1.40. The predicted octanol–water partition coefficient (Wildman–Crippen LogP) is 2.93. The summed E-state index contributed by atoms with van der Waals surface area (Å²) in [5.74, 6) is 1.06. The topological polar surface area (TPSA) is 49.4 Å². The number of ether oxygens (including phenoxy) is 1. The average Bonchev–Trinajstić information content (AvgIpc) is 3.08. The Kier molecular flexibility index (Phi) is 5.67. The summed E-state index contributed by atoms with van der Waals surface area (Å²) in [4.78, 5) is 6.98. The molecule has 2 atom stereocenters. The molecule has 0 bridgehead atoms. The summed E-state index contributed by atoms with van der Waals surface area (Å²) in [5.41, 5.74) is 0.920. The second-order valence-electron chi connectivity index (χ2n) is 6.41. The molecule has 0 amide bonds. The zero-order valence-corrected chi connectivity index (χ0v) is 14.6. The van der Waals surface area contributed by atoms with Gasteiger partial charge in [-0.1, -0.05) is 0 Å². The third kappa shape index (κ3) is 4.54. The monoisotopic (exact) mass is 334 g/mol. The molecule has 2 saturated heterocycles. The van der Waals surface area contributed by atoms with Crippen molar-refractivity contribution in [2.45, 2.75) is 51.2 Å². The summed E-state index contributed by atoms with van der Waals surface area (Å²) in [7, 11) is 0. The highest BCUT2D eigenvalue weighted by Gasteiger charge is 2.19. The smallest absolute Gasteiger partial charge is 0.170 e. The summed E-state index contributed by atoms with van der Waals surface area (Å²) in [6.07, 6.45) is 8.23. The van der Waals surface area contributed by atoms with E-state index < -0.39 is 0 Å². The van der Waals surface area contributed by atoms with E-state index in [4.69, 9.17) is 17.0 Å². The zero-order chi connectivity index (χ0) is 16.1. The van der Waals surface area contributed by atoms with Crippen LogP contribution >= 0.6 is 12.2 Å². The molecule has 0 aromatic carbocycles. The van der Waals surface area contributed by atoms with Crippen LogP contribution in [0.1, 0.15) is 39.0 Å². The van der Waals surface area contributed by atoms with Gasteiger partial charge >= 0.3 is 0 Å². The van der Waals surface area contributed by atoms with E-state index in [-0.39, 0.29) is 6.10 Å². The van der Waals surface area contributed by atoms with Crippen LogP contribution in [0.4, 0.5) is 11.5 Å². The molecule has 2 N–H and O–H groups in total. The molecule has 6 heteroatoms. The quantitative estimate of drug-likeness (QED) is 0.826. The number of anilines is 2. The molecule has 1 aromatic rings. The van der Waals surface area contributed by atoms with Crippen molar-refractivity contribution < 1.29 is 4.74 Å². The SMILES string of the molecule is CC1CCCCN1c1ccc(NC(=S)NCC2CCCO2)cn1. The number of rotatable bonds is 4. The number of aromatic nitrogens is 1.